The lowest BCUT2D eigenvalue weighted by Gasteiger charge is -2.35. The molecule has 7 heteroatoms. The zero-order valence-corrected chi connectivity index (χ0v) is 16.6. The van der Waals surface area contributed by atoms with Crippen LogP contribution in [0.1, 0.15) is 12.0 Å². The van der Waals surface area contributed by atoms with Gasteiger partial charge in [0.05, 0.1) is 14.2 Å². The van der Waals surface area contributed by atoms with Crippen LogP contribution in [-0.4, -0.2) is 62.7 Å². The van der Waals surface area contributed by atoms with Crippen molar-refractivity contribution >= 4 is 11.7 Å². The highest BCUT2D eigenvalue weighted by molar-refractivity contribution is 5.76. The number of aromatic nitrogens is 1. The number of anilines is 1. The topological polar surface area (TPSA) is 66.9 Å². The molecule has 1 aromatic heterocycles. The first-order valence-electron chi connectivity index (χ1n) is 9.55. The van der Waals surface area contributed by atoms with Crippen LogP contribution in [0.2, 0.25) is 0 Å². The molecule has 1 fully saturated rings. The fraction of sp³-hybridized carbons (Fsp3) is 0.429. The van der Waals surface area contributed by atoms with Gasteiger partial charge in [0.25, 0.3) is 0 Å². The Kier molecular flexibility index (Phi) is 7.08. The Morgan fingerprint density at radius 1 is 1.07 bits per heavy atom. The highest BCUT2D eigenvalue weighted by Crippen LogP contribution is 2.27. The van der Waals surface area contributed by atoms with Crippen LogP contribution in [0.3, 0.4) is 0 Å². The number of nitrogens with one attached hydrogen (secondary N) is 1. The summed E-state index contributed by atoms with van der Waals surface area (Å²) in [6.07, 6.45) is 2.32. The molecule has 28 heavy (non-hydrogen) atoms. The SMILES string of the molecule is COc1ccc(CNC(=O)CCN2CCN(c3ccccn3)CC2)cc1OC. The van der Waals surface area contributed by atoms with Crippen molar-refractivity contribution < 1.29 is 14.3 Å². The third-order valence-corrected chi connectivity index (χ3v) is 4.94. The molecule has 2 aromatic rings. The van der Waals surface area contributed by atoms with Crippen molar-refractivity contribution in [2.75, 3.05) is 51.8 Å². The Hall–Kier alpha value is -2.80. The van der Waals surface area contributed by atoms with Crippen LogP contribution >= 0.6 is 0 Å². The van der Waals surface area contributed by atoms with Gasteiger partial charge in [-0.25, -0.2) is 4.98 Å². The van der Waals surface area contributed by atoms with Gasteiger partial charge >= 0.3 is 0 Å². The number of rotatable bonds is 8. The fourth-order valence-corrected chi connectivity index (χ4v) is 3.28. The normalized spacial score (nSPS) is 14.6. The maximum Gasteiger partial charge on any atom is 0.221 e. The first-order chi connectivity index (χ1) is 13.7. The van der Waals surface area contributed by atoms with E-state index in [0.29, 0.717) is 24.5 Å². The van der Waals surface area contributed by atoms with E-state index in [1.165, 1.54) is 0 Å². The third kappa shape index (κ3) is 5.36. The number of amides is 1. The summed E-state index contributed by atoms with van der Waals surface area (Å²) in [4.78, 5) is 21.2. The quantitative estimate of drug-likeness (QED) is 0.750. The number of nitrogens with zero attached hydrogens (tertiary/aromatic N) is 3. The second kappa shape index (κ2) is 9.94. The van der Waals surface area contributed by atoms with E-state index in [1.807, 2.05) is 42.6 Å². The number of carbonyl (C=O) groups is 1. The van der Waals surface area contributed by atoms with Crippen molar-refractivity contribution in [1.29, 1.82) is 0 Å². The number of ether oxygens (including phenoxy) is 2. The number of pyridine rings is 1. The predicted molar refractivity (Wildman–Crippen MR) is 109 cm³/mol. The second-order valence-electron chi connectivity index (χ2n) is 6.73. The maximum absolute atomic E-state index is 12.2. The zero-order valence-electron chi connectivity index (χ0n) is 16.6. The van der Waals surface area contributed by atoms with Gasteiger partial charge < -0.3 is 19.7 Å². The Bertz CT molecular complexity index is 762. The zero-order chi connectivity index (χ0) is 19.8. The minimum Gasteiger partial charge on any atom is -0.493 e. The highest BCUT2D eigenvalue weighted by atomic mass is 16.5. The van der Waals surface area contributed by atoms with Gasteiger partial charge in [0, 0.05) is 51.9 Å². The molecule has 2 heterocycles. The minimum atomic E-state index is 0.0574. The Balaban J connectivity index is 1.38. The molecule has 7 nitrogen and oxygen atoms in total. The largest absolute Gasteiger partial charge is 0.493 e. The number of methoxy groups -OCH3 is 2. The fourth-order valence-electron chi connectivity index (χ4n) is 3.28. The molecular formula is C21H28N4O3. The molecule has 0 bridgehead atoms. The average Bonchev–Trinajstić information content (AvgIpc) is 2.77. The van der Waals surface area contributed by atoms with Gasteiger partial charge in [-0.15, -0.1) is 0 Å². The monoisotopic (exact) mass is 384 g/mol. The lowest BCUT2D eigenvalue weighted by Crippen LogP contribution is -2.47. The molecule has 0 unspecified atom stereocenters. The highest BCUT2D eigenvalue weighted by Gasteiger charge is 2.18. The van der Waals surface area contributed by atoms with E-state index in [9.17, 15) is 4.79 Å². The molecule has 1 aromatic carbocycles. The molecular weight excluding hydrogens is 356 g/mol. The van der Waals surface area contributed by atoms with Gasteiger partial charge in [-0.1, -0.05) is 12.1 Å². The Morgan fingerprint density at radius 2 is 1.86 bits per heavy atom. The molecule has 1 N–H and O–H groups in total. The van der Waals surface area contributed by atoms with Crippen LogP contribution in [0.15, 0.2) is 42.6 Å². The van der Waals surface area contributed by atoms with Crippen LogP contribution in [0.5, 0.6) is 11.5 Å². The van der Waals surface area contributed by atoms with Gasteiger partial charge in [-0.3, -0.25) is 9.69 Å². The number of hydrogen-bond donors (Lipinski definition) is 1. The molecule has 0 atom stereocenters. The molecule has 3 rings (SSSR count). The summed E-state index contributed by atoms with van der Waals surface area (Å²) in [7, 11) is 3.21. The van der Waals surface area contributed by atoms with E-state index in [-0.39, 0.29) is 5.91 Å². The first kappa shape index (κ1) is 19.9. The van der Waals surface area contributed by atoms with Gasteiger partial charge in [0.15, 0.2) is 11.5 Å². The summed E-state index contributed by atoms with van der Waals surface area (Å²) in [5.74, 6) is 2.43. The molecule has 0 aliphatic carbocycles. The van der Waals surface area contributed by atoms with Crippen molar-refractivity contribution in [1.82, 2.24) is 15.2 Å². The molecule has 1 amide bonds. The Labute approximate surface area is 166 Å². The van der Waals surface area contributed by atoms with Crippen LogP contribution in [0, 0.1) is 0 Å². The molecule has 1 aliphatic rings. The van der Waals surface area contributed by atoms with Crippen LogP contribution < -0.4 is 19.7 Å². The van der Waals surface area contributed by atoms with Gasteiger partial charge in [0.2, 0.25) is 5.91 Å². The minimum absolute atomic E-state index is 0.0574. The maximum atomic E-state index is 12.2. The summed E-state index contributed by atoms with van der Waals surface area (Å²) in [5.41, 5.74) is 0.981. The molecule has 0 spiro atoms. The van der Waals surface area contributed by atoms with E-state index >= 15 is 0 Å². The predicted octanol–water partition coefficient (Wildman–Crippen LogP) is 1.93. The molecule has 150 valence electrons. The number of hydrogen-bond acceptors (Lipinski definition) is 6. The van der Waals surface area contributed by atoms with Crippen molar-refractivity contribution in [3.05, 3.63) is 48.2 Å². The lowest BCUT2D eigenvalue weighted by molar-refractivity contribution is -0.121. The van der Waals surface area contributed by atoms with Gasteiger partial charge in [-0.2, -0.15) is 0 Å². The average molecular weight is 384 g/mol. The smallest absolute Gasteiger partial charge is 0.221 e. The molecule has 0 saturated carbocycles. The summed E-state index contributed by atoms with van der Waals surface area (Å²) in [6.45, 7) is 5.01. The molecule has 1 aliphatic heterocycles. The Morgan fingerprint density at radius 3 is 2.54 bits per heavy atom. The summed E-state index contributed by atoms with van der Waals surface area (Å²) < 4.78 is 10.5. The number of benzene rings is 1. The number of carbonyl (C=O) groups excluding carboxylic acids is 1. The number of piperazine rings is 1. The standard InChI is InChI=1S/C21H28N4O3/c1-27-18-7-6-17(15-19(18)28-2)16-23-21(26)8-10-24-11-13-25(14-12-24)20-5-3-4-9-22-20/h3-7,9,15H,8,10-14,16H2,1-2H3,(H,23,26). The van der Waals surface area contributed by atoms with E-state index < -0.39 is 0 Å². The van der Waals surface area contributed by atoms with E-state index in [2.05, 4.69) is 20.1 Å². The van der Waals surface area contributed by atoms with Crippen LogP contribution in [0.4, 0.5) is 5.82 Å². The lowest BCUT2D eigenvalue weighted by atomic mass is 10.2. The molecule has 0 radical (unpaired) electrons. The summed E-state index contributed by atoms with van der Waals surface area (Å²) >= 11 is 0. The van der Waals surface area contributed by atoms with Crippen LogP contribution in [-0.2, 0) is 11.3 Å². The molecule has 1 saturated heterocycles. The summed E-state index contributed by atoms with van der Waals surface area (Å²) in [6, 6.07) is 11.6. The van der Waals surface area contributed by atoms with Crippen molar-refractivity contribution in [3.8, 4) is 11.5 Å². The van der Waals surface area contributed by atoms with Gasteiger partial charge in [-0.05, 0) is 29.8 Å². The van der Waals surface area contributed by atoms with Crippen LogP contribution in [0.25, 0.3) is 0 Å². The van der Waals surface area contributed by atoms with Crippen molar-refractivity contribution in [3.63, 3.8) is 0 Å². The van der Waals surface area contributed by atoms with Gasteiger partial charge in [0.1, 0.15) is 5.82 Å². The van der Waals surface area contributed by atoms with E-state index in [4.69, 9.17) is 9.47 Å². The first-order valence-corrected chi connectivity index (χ1v) is 9.55. The van der Waals surface area contributed by atoms with Crippen molar-refractivity contribution in [2.45, 2.75) is 13.0 Å². The van der Waals surface area contributed by atoms with E-state index in [0.717, 1.165) is 44.1 Å². The third-order valence-electron chi connectivity index (χ3n) is 4.94. The van der Waals surface area contributed by atoms with E-state index in [1.54, 1.807) is 14.2 Å². The summed E-state index contributed by atoms with van der Waals surface area (Å²) in [5, 5.41) is 2.98. The second-order valence-corrected chi connectivity index (χ2v) is 6.73. The van der Waals surface area contributed by atoms with Crippen molar-refractivity contribution in [2.24, 2.45) is 0 Å².